The van der Waals surface area contributed by atoms with Gasteiger partial charge in [-0.2, -0.15) is 0 Å². The van der Waals surface area contributed by atoms with Crippen molar-refractivity contribution in [1.82, 2.24) is 25.5 Å². The highest BCUT2D eigenvalue weighted by Crippen LogP contribution is 2.32. The summed E-state index contributed by atoms with van der Waals surface area (Å²) in [7, 11) is 0. The lowest BCUT2D eigenvalue weighted by Gasteiger charge is -2.33. The van der Waals surface area contributed by atoms with Crippen LogP contribution in [0.5, 0.6) is 0 Å². The first-order chi connectivity index (χ1) is 8.67. The minimum atomic E-state index is -0.0841. The van der Waals surface area contributed by atoms with Gasteiger partial charge >= 0.3 is 0 Å². The van der Waals surface area contributed by atoms with E-state index in [0.717, 1.165) is 25.2 Å². The van der Waals surface area contributed by atoms with E-state index in [1.54, 1.807) is 0 Å². The summed E-state index contributed by atoms with van der Waals surface area (Å²) in [6, 6.07) is 0.175. The summed E-state index contributed by atoms with van der Waals surface area (Å²) in [4.78, 5) is 0. The molecule has 1 aromatic rings. The molecule has 5 nitrogen and oxygen atoms in total. The van der Waals surface area contributed by atoms with E-state index in [1.807, 2.05) is 4.68 Å². The third-order valence-electron chi connectivity index (χ3n) is 3.12. The Morgan fingerprint density at radius 3 is 2.37 bits per heavy atom. The van der Waals surface area contributed by atoms with Crippen molar-refractivity contribution in [1.29, 1.82) is 0 Å². The largest absolute Gasteiger partial charge is 0.307 e. The standard InChI is InChI=1S/C14H29N5/c1-8-9-15-11(2)12-16-17-18-19(12)14(6,7)10-13(3,4)5/h11,15H,8-10H2,1-7H3. The van der Waals surface area contributed by atoms with Gasteiger partial charge in [0.2, 0.25) is 0 Å². The van der Waals surface area contributed by atoms with Gasteiger partial charge in [0.15, 0.2) is 5.82 Å². The molecule has 1 heterocycles. The first-order valence-electron chi connectivity index (χ1n) is 7.19. The zero-order valence-electron chi connectivity index (χ0n) is 13.5. The molecule has 0 radical (unpaired) electrons. The molecule has 0 aliphatic heterocycles. The number of hydrogen-bond donors (Lipinski definition) is 1. The molecule has 5 heteroatoms. The van der Waals surface area contributed by atoms with E-state index < -0.39 is 0 Å². The molecule has 1 atom stereocenters. The van der Waals surface area contributed by atoms with E-state index in [4.69, 9.17) is 0 Å². The quantitative estimate of drug-likeness (QED) is 0.861. The Kier molecular flexibility index (Phi) is 5.07. The van der Waals surface area contributed by atoms with E-state index >= 15 is 0 Å². The van der Waals surface area contributed by atoms with Crippen molar-refractivity contribution in [3.8, 4) is 0 Å². The molecule has 0 saturated carbocycles. The molecule has 0 fully saturated rings. The predicted molar refractivity (Wildman–Crippen MR) is 77.9 cm³/mol. The van der Waals surface area contributed by atoms with Gasteiger partial charge in [-0.25, -0.2) is 4.68 Å². The van der Waals surface area contributed by atoms with E-state index in [9.17, 15) is 0 Å². The lowest BCUT2D eigenvalue weighted by molar-refractivity contribution is 0.187. The molecule has 1 aromatic heterocycles. The molecule has 0 saturated heterocycles. The molecule has 0 aliphatic carbocycles. The molecule has 19 heavy (non-hydrogen) atoms. The van der Waals surface area contributed by atoms with Gasteiger partial charge in [-0.15, -0.1) is 5.10 Å². The highest BCUT2D eigenvalue weighted by atomic mass is 15.6. The lowest BCUT2D eigenvalue weighted by Crippen LogP contribution is -2.36. The fourth-order valence-electron chi connectivity index (χ4n) is 2.72. The maximum absolute atomic E-state index is 4.22. The topological polar surface area (TPSA) is 55.6 Å². The fourth-order valence-corrected chi connectivity index (χ4v) is 2.72. The SMILES string of the molecule is CCCNC(C)c1nnnn1C(C)(C)CC(C)(C)C. The second kappa shape index (κ2) is 5.99. The van der Waals surface area contributed by atoms with Crippen LogP contribution in [0.3, 0.4) is 0 Å². The van der Waals surface area contributed by atoms with Gasteiger partial charge in [0, 0.05) is 0 Å². The van der Waals surface area contributed by atoms with Crippen LogP contribution in [0.1, 0.15) is 73.2 Å². The number of nitrogens with one attached hydrogen (secondary N) is 1. The van der Waals surface area contributed by atoms with Crippen molar-refractivity contribution >= 4 is 0 Å². The maximum Gasteiger partial charge on any atom is 0.168 e. The van der Waals surface area contributed by atoms with Crippen molar-refractivity contribution in [3.63, 3.8) is 0 Å². The van der Waals surface area contributed by atoms with Crippen LogP contribution in [-0.2, 0) is 5.54 Å². The number of tetrazole rings is 1. The van der Waals surface area contributed by atoms with Crippen LogP contribution in [0, 0.1) is 5.41 Å². The molecular formula is C14H29N5. The monoisotopic (exact) mass is 267 g/mol. The summed E-state index contributed by atoms with van der Waals surface area (Å²) in [6.45, 7) is 16.4. The Balaban J connectivity index is 2.92. The first kappa shape index (κ1) is 16.1. The summed E-state index contributed by atoms with van der Waals surface area (Å²) >= 11 is 0. The Morgan fingerprint density at radius 2 is 1.84 bits per heavy atom. The van der Waals surface area contributed by atoms with Crippen molar-refractivity contribution in [2.75, 3.05) is 6.54 Å². The summed E-state index contributed by atoms with van der Waals surface area (Å²) in [5.74, 6) is 0.919. The number of aromatic nitrogens is 4. The van der Waals surface area contributed by atoms with Gasteiger partial charge in [0.25, 0.3) is 0 Å². The second-order valence-corrected chi connectivity index (χ2v) is 7.17. The minimum absolute atomic E-state index is 0.0841. The number of nitrogens with zero attached hydrogens (tertiary/aromatic N) is 4. The normalized spacial score (nSPS) is 14.7. The van der Waals surface area contributed by atoms with Gasteiger partial charge in [-0.1, -0.05) is 27.7 Å². The smallest absolute Gasteiger partial charge is 0.168 e. The second-order valence-electron chi connectivity index (χ2n) is 7.17. The van der Waals surface area contributed by atoms with Crippen LogP contribution in [0.4, 0.5) is 0 Å². The zero-order valence-corrected chi connectivity index (χ0v) is 13.5. The van der Waals surface area contributed by atoms with E-state index in [0.29, 0.717) is 0 Å². The summed E-state index contributed by atoms with van der Waals surface area (Å²) in [5, 5.41) is 15.7. The van der Waals surface area contributed by atoms with E-state index in [-0.39, 0.29) is 17.0 Å². The summed E-state index contributed by atoms with van der Waals surface area (Å²) < 4.78 is 1.98. The highest BCUT2D eigenvalue weighted by molar-refractivity contribution is 4.95. The van der Waals surface area contributed by atoms with E-state index in [1.165, 1.54) is 0 Å². The van der Waals surface area contributed by atoms with E-state index in [2.05, 4.69) is 69.3 Å². The highest BCUT2D eigenvalue weighted by Gasteiger charge is 2.31. The Morgan fingerprint density at radius 1 is 1.21 bits per heavy atom. The Hall–Kier alpha value is -0.970. The first-order valence-corrected chi connectivity index (χ1v) is 7.19. The van der Waals surface area contributed by atoms with Crippen molar-refractivity contribution in [2.24, 2.45) is 5.41 Å². The molecule has 0 aromatic carbocycles. The van der Waals surface area contributed by atoms with Crippen LogP contribution in [-0.4, -0.2) is 26.8 Å². The molecule has 1 N–H and O–H groups in total. The fraction of sp³-hybridized carbons (Fsp3) is 0.929. The van der Waals surface area contributed by atoms with Crippen LogP contribution in [0.2, 0.25) is 0 Å². The molecule has 0 spiro atoms. The average molecular weight is 267 g/mol. The third kappa shape index (κ3) is 4.56. The van der Waals surface area contributed by atoms with Crippen LogP contribution < -0.4 is 5.32 Å². The summed E-state index contributed by atoms with van der Waals surface area (Å²) in [6.07, 6.45) is 2.13. The van der Waals surface area contributed by atoms with Crippen LogP contribution >= 0.6 is 0 Å². The summed E-state index contributed by atoms with van der Waals surface area (Å²) in [5.41, 5.74) is 0.159. The van der Waals surface area contributed by atoms with Gasteiger partial charge in [0.1, 0.15) is 0 Å². The van der Waals surface area contributed by atoms with Crippen molar-refractivity contribution in [2.45, 2.75) is 72.9 Å². The maximum atomic E-state index is 4.22. The molecular weight excluding hydrogens is 238 g/mol. The molecule has 1 unspecified atom stereocenters. The number of rotatable bonds is 6. The Labute approximate surface area is 117 Å². The minimum Gasteiger partial charge on any atom is -0.307 e. The van der Waals surface area contributed by atoms with Gasteiger partial charge in [-0.3, -0.25) is 0 Å². The molecule has 0 amide bonds. The van der Waals surface area contributed by atoms with Crippen molar-refractivity contribution < 1.29 is 0 Å². The zero-order chi connectivity index (χ0) is 14.7. The Bertz CT molecular complexity index is 389. The van der Waals surface area contributed by atoms with Gasteiger partial charge in [0.05, 0.1) is 11.6 Å². The number of hydrogen-bond acceptors (Lipinski definition) is 4. The molecule has 0 bridgehead atoms. The average Bonchev–Trinajstić information content (AvgIpc) is 2.71. The predicted octanol–water partition coefficient (Wildman–Crippen LogP) is 2.91. The molecule has 1 rings (SSSR count). The van der Waals surface area contributed by atoms with Crippen molar-refractivity contribution in [3.05, 3.63) is 5.82 Å². The van der Waals surface area contributed by atoms with Gasteiger partial charge in [-0.05, 0) is 56.0 Å². The lowest BCUT2D eigenvalue weighted by atomic mass is 9.82. The van der Waals surface area contributed by atoms with Crippen LogP contribution in [0.15, 0.2) is 0 Å². The third-order valence-corrected chi connectivity index (χ3v) is 3.12. The molecule has 110 valence electrons. The van der Waals surface area contributed by atoms with Crippen LogP contribution in [0.25, 0.3) is 0 Å². The molecule has 0 aliphatic rings. The van der Waals surface area contributed by atoms with Gasteiger partial charge < -0.3 is 5.32 Å².